The molecular formula is C16H15N3O4. The molecule has 7 heteroatoms. The van der Waals surface area contributed by atoms with Crippen LogP contribution in [0.15, 0.2) is 48.5 Å². The molecular weight excluding hydrogens is 298 g/mol. The van der Waals surface area contributed by atoms with E-state index in [0.717, 1.165) is 24.0 Å². The number of nitrogens with zero attached hydrogens (tertiary/aromatic N) is 2. The van der Waals surface area contributed by atoms with Crippen LogP contribution in [-0.2, 0) is 0 Å². The molecule has 1 heterocycles. The number of benzene rings is 2. The van der Waals surface area contributed by atoms with E-state index in [-0.39, 0.29) is 23.5 Å². The maximum absolute atomic E-state index is 10.7. The van der Waals surface area contributed by atoms with E-state index in [9.17, 15) is 20.2 Å². The van der Waals surface area contributed by atoms with Crippen molar-refractivity contribution in [2.45, 2.75) is 24.9 Å². The third-order valence-electron chi connectivity index (χ3n) is 4.05. The van der Waals surface area contributed by atoms with Crippen LogP contribution in [-0.4, -0.2) is 9.85 Å². The van der Waals surface area contributed by atoms with Crippen LogP contribution in [0.25, 0.3) is 0 Å². The first-order valence-corrected chi connectivity index (χ1v) is 7.23. The summed E-state index contributed by atoms with van der Waals surface area (Å²) in [6, 6.07) is 12.2. The number of nitro benzene ring substituents is 2. The van der Waals surface area contributed by atoms with E-state index in [0.29, 0.717) is 0 Å². The van der Waals surface area contributed by atoms with Crippen LogP contribution in [0.4, 0.5) is 11.4 Å². The first-order chi connectivity index (χ1) is 11.5. The summed E-state index contributed by atoms with van der Waals surface area (Å²) in [7, 11) is 0. The Bertz CT molecular complexity index is 698. The van der Waals surface area contributed by atoms with Gasteiger partial charge in [-0.1, -0.05) is 24.3 Å². The highest BCUT2D eigenvalue weighted by Crippen LogP contribution is 2.35. The van der Waals surface area contributed by atoms with Crippen molar-refractivity contribution in [2.75, 3.05) is 0 Å². The molecule has 2 unspecified atom stereocenters. The maximum Gasteiger partial charge on any atom is 0.269 e. The van der Waals surface area contributed by atoms with Gasteiger partial charge in [0.15, 0.2) is 0 Å². The van der Waals surface area contributed by atoms with Gasteiger partial charge in [0.1, 0.15) is 1.41 Å². The lowest BCUT2D eigenvalue weighted by molar-refractivity contribution is -0.385. The van der Waals surface area contributed by atoms with Gasteiger partial charge in [-0.2, -0.15) is 0 Å². The highest BCUT2D eigenvalue weighted by Gasteiger charge is 2.26. The van der Waals surface area contributed by atoms with E-state index < -0.39 is 9.85 Å². The van der Waals surface area contributed by atoms with Crippen molar-refractivity contribution < 1.29 is 11.3 Å². The van der Waals surface area contributed by atoms with Crippen LogP contribution >= 0.6 is 0 Å². The summed E-state index contributed by atoms with van der Waals surface area (Å²) in [6.07, 6.45) is 1.51. The van der Waals surface area contributed by atoms with Gasteiger partial charge in [0.25, 0.3) is 11.4 Å². The number of rotatable bonds is 4. The summed E-state index contributed by atoms with van der Waals surface area (Å²) in [5, 5.41) is 22.9. The molecule has 3 rings (SSSR count). The average Bonchev–Trinajstić information content (AvgIpc) is 2.96. The van der Waals surface area contributed by atoms with E-state index in [2.05, 4.69) is 0 Å². The predicted octanol–water partition coefficient (Wildman–Crippen LogP) is 3.67. The molecule has 2 aromatic carbocycles. The second kappa shape index (κ2) is 6.13. The normalized spacial score (nSPS) is 21.8. The van der Waals surface area contributed by atoms with E-state index >= 15 is 0 Å². The van der Waals surface area contributed by atoms with Gasteiger partial charge in [-0.25, -0.2) is 0 Å². The smallest absolute Gasteiger partial charge is 0.269 e. The highest BCUT2D eigenvalue weighted by molar-refractivity contribution is 5.37. The molecule has 2 aromatic rings. The van der Waals surface area contributed by atoms with Gasteiger partial charge >= 0.3 is 0 Å². The molecule has 0 aliphatic carbocycles. The van der Waals surface area contributed by atoms with Crippen molar-refractivity contribution in [2.24, 2.45) is 0 Å². The van der Waals surface area contributed by atoms with Crippen molar-refractivity contribution in [1.29, 1.82) is 0 Å². The fourth-order valence-electron chi connectivity index (χ4n) is 2.82. The molecule has 0 radical (unpaired) electrons. The van der Waals surface area contributed by atoms with Crippen molar-refractivity contribution in [3.05, 3.63) is 79.9 Å². The number of hydrogen-bond acceptors (Lipinski definition) is 5. The fraction of sp³-hybridized carbons (Fsp3) is 0.250. The molecule has 0 bridgehead atoms. The molecule has 0 amide bonds. The molecule has 23 heavy (non-hydrogen) atoms. The first kappa shape index (κ1) is 13.8. The molecule has 1 aliphatic heterocycles. The predicted molar refractivity (Wildman–Crippen MR) is 84.0 cm³/mol. The van der Waals surface area contributed by atoms with Gasteiger partial charge in [-0.05, 0) is 24.0 Å². The molecule has 2 atom stereocenters. The quantitative estimate of drug-likeness (QED) is 0.685. The second-order valence-corrected chi connectivity index (χ2v) is 5.46. The van der Waals surface area contributed by atoms with Crippen LogP contribution in [0.2, 0.25) is 1.41 Å². The lowest BCUT2D eigenvalue weighted by Crippen LogP contribution is -2.17. The third kappa shape index (κ3) is 3.19. The molecule has 7 nitrogen and oxygen atoms in total. The van der Waals surface area contributed by atoms with Crippen molar-refractivity contribution >= 4 is 11.4 Å². The number of nitrogens with one attached hydrogen (secondary N) is 1. The number of non-ortho nitro benzene ring substituents is 2. The number of nitro groups is 2. The summed E-state index contributed by atoms with van der Waals surface area (Å²) in [5.41, 5.74) is 1.78. The lowest BCUT2D eigenvalue weighted by atomic mass is 10.0. The number of hydrogen-bond donors (Lipinski definition) is 1. The van der Waals surface area contributed by atoms with Crippen LogP contribution in [0.1, 0.15) is 36.1 Å². The Kier molecular flexibility index (Phi) is 3.69. The minimum Gasteiger partial charge on any atom is -0.303 e. The van der Waals surface area contributed by atoms with Crippen LogP contribution in [0.5, 0.6) is 0 Å². The largest absolute Gasteiger partial charge is 0.303 e. The van der Waals surface area contributed by atoms with Gasteiger partial charge < -0.3 is 5.31 Å². The van der Waals surface area contributed by atoms with E-state index in [1.165, 1.54) is 29.6 Å². The first-order valence-electron chi connectivity index (χ1n) is 7.68. The summed E-state index contributed by atoms with van der Waals surface area (Å²) in [4.78, 5) is 20.5. The van der Waals surface area contributed by atoms with Crippen LogP contribution < -0.4 is 5.31 Å². The Balaban J connectivity index is 1.78. The SMILES string of the molecule is [2H]N1C(c2ccc([N+](=O)[O-])cc2)CCC1c1ccc([N+](=O)[O-])cc1. The Hall–Kier alpha value is -2.80. The van der Waals surface area contributed by atoms with Gasteiger partial charge in [0.2, 0.25) is 0 Å². The van der Waals surface area contributed by atoms with Gasteiger partial charge in [-0.15, -0.1) is 0 Å². The minimum absolute atomic E-state index is 0.0280. The zero-order valence-corrected chi connectivity index (χ0v) is 12.2. The second-order valence-electron chi connectivity index (χ2n) is 5.46. The molecule has 1 saturated heterocycles. The summed E-state index contributed by atoms with van der Waals surface area (Å²) in [6.45, 7) is 0. The van der Waals surface area contributed by atoms with Crippen LogP contribution in [0, 0.1) is 20.2 Å². The zero-order chi connectivity index (χ0) is 17.3. The Morgan fingerprint density at radius 1 is 0.826 bits per heavy atom. The van der Waals surface area contributed by atoms with Gasteiger partial charge in [-0.3, -0.25) is 20.2 Å². The summed E-state index contributed by atoms with van der Waals surface area (Å²) < 4.78 is 8.36. The average molecular weight is 314 g/mol. The third-order valence-corrected chi connectivity index (χ3v) is 4.05. The Morgan fingerprint density at radius 2 is 1.17 bits per heavy atom. The fourth-order valence-corrected chi connectivity index (χ4v) is 2.82. The van der Waals surface area contributed by atoms with E-state index in [1.54, 1.807) is 24.3 Å². The monoisotopic (exact) mass is 314 g/mol. The lowest BCUT2D eigenvalue weighted by Gasteiger charge is -2.15. The molecule has 0 saturated carbocycles. The molecule has 1 aliphatic rings. The van der Waals surface area contributed by atoms with Crippen LogP contribution in [0.3, 0.4) is 0 Å². The Labute approximate surface area is 133 Å². The van der Waals surface area contributed by atoms with Crippen molar-refractivity contribution in [3.8, 4) is 0 Å². The molecule has 0 aromatic heterocycles. The highest BCUT2D eigenvalue weighted by atomic mass is 16.6. The topological polar surface area (TPSA) is 98.3 Å². The van der Waals surface area contributed by atoms with E-state index in [1.807, 2.05) is 0 Å². The molecule has 0 spiro atoms. The zero-order valence-electron chi connectivity index (χ0n) is 13.2. The summed E-state index contributed by atoms with van der Waals surface area (Å²) >= 11 is 0. The maximum atomic E-state index is 10.7. The molecule has 118 valence electrons. The van der Waals surface area contributed by atoms with Crippen molar-refractivity contribution in [3.63, 3.8) is 0 Å². The van der Waals surface area contributed by atoms with E-state index in [4.69, 9.17) is 1.41 Å². The van der Waals surface area contributed by atoms with Crippen molar-refractivity contribution in [1.82, 2.24) is 5.31 Å². The van der Waals surface area contributed by atoms with Gasteiger partial charge in [0, 0.05) is 36.3 Å². The standard InChI is InChI=1S/C16H15N3O4/c20-18(21)13-5-1-11(2-6-13)15-9-10-16(17-15)12-3-7-14(8-4-12)19(22)23/h1-8,15-17H,9-10H2/i/hD. The molecule has 1 fully saturated rings. The summed E-state index contributed by atoms with van der Waals surface area (Å²) in [5.74, 6) is 0. The molecule has 1 N–H and O–H groups in total. The van der Waals surface area contributed by atoms with Gasteiger partial charge in [0.05, 0.1) is 9.85 Å². The minimum atomic E-state index is -0.448. The Morgan fingerprint density at radius 3 is 1.48 bits per heavy atom.